The van der Waals surface area contributed by atoms with Crippen molar-refractivity contribution in [3.63, 3.8) is 0 Å². The minimum atomic E-state index is -0.234. The van der Waals surface area contributed by atoms with Gasteiger partial charge in [0.2, 0.25) is 11.8 Å². The van der Waals surface area contributed by atoms with Gasteiger partial charge >= 0.3 is 0 Å². The number of hydrogen-bond donors (Lipinski definition) is 2. The molecule has 1 rings (SSSR count). The molecule has 5 heteroatoms. The van der Waals surface area contributed by atoms with Gasteiger partial charge in [-0.15, -0.1) is 11.8 Å². The predicted octanol–water partition coefficient (Wildman–Crippen LogP) is 2.97. The van der Waals surface area contributed by atoms with Gasteiger partial charge in [0.1, 0.15) is 0 Å². The Bertz CT molecular complexity index is 474. The Morgan fingerprint density at radius 1 is 1.19 bits per heavy atom. The number of thioether (sulfide) groups is 1. The molecule has 0 aliphatic rings. The lowest BCUT2D eigenvalue weighted by Gasteiger charge is -2.15. The fraction of sp³-hybridized carbons (Fsp3) is 0.500. The maximum absolute atomic E-state index is 11.9. The third-order valence-corrected chi connectivity index (χ3v) is 4.31. The molecule has 0 fully saturated rings. The summed E-state index contributed by atoms with van der Waals surface area (Å²) in [7, 11) is 0. The first-order chi connectivity index (χ1) is 9.92. The number of carbonyl (C=O) groups excluding carboxylic acids is 2. The summed E-state index contributed by atoms with van der Waals surface area (Å²) < 4.78 is 0. The van der Waals surface area contributed by atoms with Gasteiger partial charge in [0, 0.05) is 11.7 Å². The number of nitrogens with one attached hydrogen (secondary N) is 2. The van der Waals surface area contributed by atoms with Gasteiger partial charge in [-0.2, -0.15) is 0 Å². The summed E-state index contributed by atoms with van der Waals surface area (Å²) in [4.78, 5) is 23.7. The average molecular weight is 308 g/mol. The number of benzene rings is 1. The summed E-state index contributed by atoms with van der Waals surface area (Å²) in [5, 5.41) is 5.51. The number of carbonyl (C=O) groups is 2. The molecule has 116 valence electrons. The van der Waals surface area contributed by atoms with Crippen LogP contribution in [0.4, 0.5) is 5.69 Å². The fourth-order valence-electron chi connectivity index (χ4n) is 1.57. The smallest absolute Gasteiger partial charge is 0.234 e. The van der Waals surface area contributed by atoms with Crippen molar-refractivity contribution >= 4 is 29.3 Å². The van der Waals surface area contributed by atoms with Crippen LogP contribution in [0.15, 0.2) is 24.3 Å². The third-order valence-electron chi connectivity index (χ3n) is 3.17. The van der Waals surface area contributed by atoms with E-state index in [1.165, 1.54) is 11.8 Å². The standard InChI is InChI=1S/C16H24N2O2S/c1-5-12(3)17-16(20)13(4)21-10-15(19)18-14-8-6-11(2)7-9-14/h6-9,12-13H,5,10H2,1-4H3,(H,17,20)(H,18,19). The molecule has 2 unspecified atom stereocenters. The summed E-state index contributed by atoms with van der Waals surface area (Å²) >= 11 is 1.34. The molecule has 0 spiro atoms. The maximum atomic E-state index is 11.9. The van der Waals surface area contributed by atoms with Crippen LogP contribution in [0.3, 0.4) is 0 Å². The van der Waals surface area contributed by atoms with Gasteiger partial charge in [-0.25, -0.2) is 0 Å². The fourth-order valence-corrected chi connectivity index (χ4v) is 2.27. The molecule has 0 aliphatic carbocycles. The molecule has 21 heavy (non-hydrogen) atoms. The first-order valence-corrected chi connectivity index (χ1v) is 8.25. The molecule has 0 heterocycles. The van der Waals surface area contributed by atoms with Crippen LogP contribution in [0.5, 0.6) is 0 Å². The Labute approximate surface area is 131 Å². The highest BCUT2D eigenvalue weighted by molar-refractivity contribution is 8.01. The van der Waals surface area contributed by atoms with Gasteiger partial charge in [0.25, 0.3) is 0 Å². The predicted molar refractivity (Wildman–Crippen MR) is 89.6 cm³/mol. The molecule has 0 aliphatic heterocycles. The van der Waals surface area contributed by atoms with E-state index in [9.17, 15) is 9.59 Å². The average Bonchev–Trinajstić information content (AvgIpc) is 2.46. The van der Waals surface area contributed by atoms with Crippen LogP contribution >= 0.6 is 11.8 Å². The number of anilines is 1. The van der Waals surface area contributed by atoms with Gasteiger partial charge < -0.3 is 10.6 Å². The minimum Gasteiger partial charge on any atom is -0.353 e. The summed E-state index contributed by atoms with van der Waals surface area (Å²) in [6, 6.07) is 7.81. The molecule has 4 nitrogen and oxygen atoms in total. The highest BCUT2D eigenvalue weighted by Crippen LogP contribution is 2.13. The molecule has 2 atom stereocenters. The van der Waals surface area contributed by atoms with Gasteiger partial charge in [0.15, 0.2) is 0 Å². The van der Waals surface area contributed by atoms with Crippen molar-refractivity contribution in [1.82, 2.24) is 5.32 Å². The highest BCUT2D eigenvalue weighted by atomic mass is 32.2. The maximum Gasteiger partial charge on any atom is 0.234 e. The Balaban J connectivity index is 2.35. The van der Waals surface area contributed by atoms with Gasteiger partial charge in [-0.3, -0.25) is 9.59 Å². The normalized spacial score (nSPS) is 13.3. The van der Waals surface area contributed by atoms with Crippen LogP contribution in [0.1, 0.15) is 32.8 Å². The van der Waals surface area contributed by atoms with Gasteiger partial charge in [0.05, 0.1) is 11.0 Å². The van der Waals surface area contributed by atoms with Crippen molar-refractivity contribution in [3.05, 3.63) is 29.8 Å². The Morgan fingerprint density at radius 2 is 1.81 bits per heavy atom. The summed E-state index contributed by atoms with van der Waals surface area (Å²) in [5.74, 6) is 0.160. The van der Waals surface area contributed by atoms with E-state index < -0.39 is 0 Å². The summed E-state index contributed by atoms with van der Waals surface area (Å²) in [5.41, 5.74) is 1.93. The van der Waals surface area contributed by atoms with E-state index in [1.54, 1.807) is 0 Å². The van der Waals surface area contributed by atoms with Crippen LogP contribution in [0.2, 0.25) is 0 Å². The first-order valence-electron chi connectivity index (χ1n) is 7.20. The molecule has 1 aromatic carbocycles. The monoisotopic (exact) mass is 308 g/mol. The first kappa shape index (κ1) is 17.6. The van der Waals surface area contributed by atoms with E-state index in [4.69, 9.17) is 0 Å². The van der Waals surface area contributed by atoms with E-state index in [0.29, 0.717) is 0 Å². The molecule has 2 N–H and O–H groups in total. The van der Waals surface area contributed by atoms with E-state index in [2.05, 4.69) is 10.6 Å². The summed E-state index contributed by atoms with van der Waals surface area (Å²) in [6.45, 7) is 7.82. The van der Waals surface area contributed by atoms with E-state index in [1.807, 2.05) is 52.0 Å². The molecular formula is C16H24N2O2S. The zero-order valence-electron chi connectivity index (χ0n) is 13.1. The molecule has 0 bridgehead atoms. The van der Waals surface area contributed by atoms with Crippen molar-refractivity contribution in [2.45, 2.75) is 45.4 Å². The Morgan fingerprint density at radius 3 is 2.38 bits per heavy atom. The van der Waals surface area contributed by atoms with E-state index >= 15 is 0 Å². The second kappa shape index (κ2) is 8.72. The Kier molecular flexibility index (Phi) is 7.29. The van der Waals surface area contributed by atoms with Crippen LogP contribution in [-0.4, -0.2) is 28.9 Å². The zero-order chi connectivity index (χ0) is 15.8. The van der Waals surface area contributed by atoms with E-state index in [0.717, 1.165) is 17.7 Å². The van der Waals surface area contributed by atoms with Gasteiger partial charge in [-0.05, 0) is 39.3 Å². The van der Waals surface area contributed by atoms with Crippen LogP contribution in [-0.2, 0) is 9.59 Å². The van der Waals surface area contributed by atoms with E-state index in [-0.39, 0.29) is 28.9 Å². The molecule has 0 radical (unpaired) electrons. The quantitative estimate of drug-likeness (QED) is 0.814. The molecular weight excluding hydrogens is 284 g/mol. The molecule has 0 saturated heterocycles. The molecule has 0 saturated carbocycles. The van der Waals surface area contributed by atoms with Gasteiger partial charge in [-0.1, -0.05) is 24.6 Å². The number of amides is 2. The molecule has 0 aromatic heterocycles. The van der Waals surface area contributed by atoms with Crippen molar-refractivity contribution < 1.29 is 9.59 Å². The number of aryl methyl sites for hydroxylation is 1. The van der Waals surface area contributed by atoms with Crippen molar-refractivity contribution in [1.29, 1.82) is 0 Å². The number of rotatable bonds is 7. The lowest BCUT2D eigenvalue weighted by Crippen LogP contribution is -2.37. The highest BCUT2D eigenvalue weighted by Gasteiger charge is 2.16. The molecule has 2 amide bonds. The summed E-state index contributed by atoms with van der Waals surface area (Å²) in [6.07, 6.45) is 0.900. The number of hydrogen-bond acceptors (Lipinski definition) is 3. The van der Waals surface area contributed by atoms with Crippen LogP contribution in [0.25, 0.3) is 0 Å². The second-order valence-corrected chi connectivity index (χ2v) is 6.51. The molecule has 1 aromatic rings. The minimum absolute atomic E-state index is 0.0162. The van der Waals surface area contributed by atoms with Crippen molar-refractivity contribution in [3.8, 4) is 0 Å². The Hall–Kier alpha value is -1.49. The SMILES string of the molecule is CCC(C)NC(=O)C(C)SCC(=O)Nc1ccc(C)cc1. The third kappa shape index (κ3) is 6.67. The van der Waals surface area contributed by atoms with Crippen LogP contribution < -0.4 is 10.6 Å². The van der Waals surface area contributed by atoms with Crippen molar-refractivity contribution in [2.24, 2.45) is 0 Å². The van der Waals surface area contributed by atoms with Crippen LogP contribution in [0, 0.1) is 6.92 Å². The lowest BCUT2D eigenvalue weighted by atomic mass is 10.2. The largest absolute Gasteiger partial charge is 0.353 e. The zero-order valence-corrected chi connectivity index (χ0v) is 13.9. The lowest BCUT2D eigenvalue weighted by molar-refractivity contribution is -0.120. The van der Waals surface area contributed by atoms with Crippen molar-refractivity contribution in [2.75, 3.05) is 11.1 Å². The second-order valence-electron chi connectivity index (χ2n) is 5.19. The topological polar surface area (TPSA) is 58.2 Å².